The highest BCUT2D eigenvalue weighted by molar-refractivity contribution is 7.99. The van der Waals surface area contributed by atoms with E-state index >= 15 is 0 Å². The van der Waals surface area contributed by atoms with Crippen molar-refractivity contribution in [2.24, 2.45) is 0 Å². The number of anilines is 1. The van der Waals surface area contributed by atoms with Crippen molar-refractivity contribution in [3.05, 3.63) is 65.7 Å². The zero-order valence-electron chi connectivity index (χ0n) is 16.9. The molecule has 0 radical (unpaired) electrons. The lowest BCUT2D eigenvalue weighted by molar-refractivity contribution is 0.154. The number of benzene rings is 3. The summed E-state index contributed by atoms with van der Waals surface area (Å²) in [6.07, 6.45) is 1.13. The molecule has 1 heterocycles. The summed E-state index contributed by atoms with van der Waals surface area (Å²) < 4.78 is 0. The first kappa shape index (κ1) is 20.5. The van der Waals surface area contributed by atoms with Crippen molar-refractivity contribution in [1.29, 1.82) is 0 Å². The Balaban J connectivity index is 1.41. The number of halogens is 1. The molecule has 1 aliphatic heterocycles. The maximum atomic E-state index is 6.30. The van der Waals surface area contributed by atoms with Gasteiger partial charge in [-0.1, -0.05) is 59.8 Å². The van der Waals surface area contributed by atoms with E-state index in [0.717, 1.165) is 30.2 Å². The van der Waals surface area contributed by atoms with E-state index < -0.39 is 0 Å². The lowest BCUT2D eigenvalue weighted by Gasteiger charge is -2.32. The van der Waals surface area contributed by atoms with E-state index in [1.165, 1.54) is 46.7 Å². The molecule has 0 bridgehead atoms. The highest BCUT2D eigenvalue weighted by atomic mass is 35.5. The van der Waals surface area contributed by atoms with Crippen LogP contribution in [0.4, 0.5) is 5.69 Å². The normalized spacial score (nSPS) is 15.7. The molecule has 1 aliphatic rings. The van der Waals surface area contributed by atoms with Crippen LogP contribution in [0, 0.1) is 0 Å². The molecule has 3 aromatic rings. The van der Waals surface area contributed by atoms with Crippen LogP contribution in [0.3, 0.4) is 0 Å². The quantitative estimate of drug-likeness (QED) is 0.489. The number of rotatable bonds is 7. The average molecular weight is 426 g/mol. The van der Waals surface area contributed by atoms with Gasteiger partial charge in [-0.3, -0.25) is 0 Å². The van der Waals surface area contributed by atoms with E-state index in [2.05, 4.69) is 70.7 Å². The van der Waals surface area contributed by atoms with Gasteiger partial charge in [-0.25, -0.2) is 0 Å². The number of fused-ring (bicyclic) bond motifs is 1. The van der Waals surface area contributed by atoms with Gasteiger partial charge in [0.1, 0.15) is 0 Å². The highest BCUT2D eigenvalue weighted by Gasteiger charge is 2.13. The van der Waals surface area contributed by atoms with E-state index in [-0.39, 0.29) is 0 Å². The molecular weight excluding hydrogens is 398 g/mol. The largest absolute Gasteiger partial charge is 0.384 e. The summed E-state index contributed by atoms with van der Waals surface area (Å²) in [5.41, 5.74) is 1.12. The molecular formula is C24H28ClN3S. The lowest BCUT2D eigenvalue weighted by Crippen LogP contribution is -2.44. The van der Waals surface area contributed by atoms with Gasteiger partial charge in [-0.15, -0.1) is 0 Å². The molecule has 0 unspecified atom stereocenters. The SMILES string of the molecule is CN1CCN(CCCNc2cc(Cl)ccc2Sc2cccc3ccccc23)CC1. The molecule has 29 heavy (non-hydrogen) atoms. The van der Waals surface area contributed by atoms with Gasteiger partial charge in [0, 0.05) is 53.2 Å². The van der Waals surface area contributed by atoms with Gasteiger partial charge in [0.05, 0.1) is 0 Å². The van der Waals surface area contributed by atoms with Crippen LogP contribution < -0.4 is 5.32 Å². The van der Waals surface area contributed by atoms with Gasteiger partial charge in [0.15, 0.2) is 0 Å². The van der Waals surface area contributed by atoms with Gasteiger partial charge in [0.2, 0.25) is 0 Å². The van der Waals surface area contributed by atoms with Crippen LogP contribution in [0.25, 0.3) is 10.8 Å². The summed E-state index contributed by atoms with van der Waals surface area (Å²) in [6.45, 7) is 6.80. The van der Waals surface area contributed by atoms with Crippen LogP contribution in [0.1, 0.15) is 6.42 Å². The third-order valence-electron chi connectivity index (χ3n) is 5.47. The van der Waals surface area contributed by atoms with Crippen molar-refractivity contribution in [2.75, 3.05) is 51.6 Å². The Bertz CT molecular complexity index is 949. The maximum absolute atomic E-state index is 6.30. The molecule has 1 N–H and O–H groups in total. The number of piperazine rings is 1. The standard InChI is InChI=1S/C24H28ClN3S/c1-27-14-16-28(17-15-27)13-5-12-26-22-18-20(25)10-11-24(22)29-23-9-4-7-19-6-2-3-8-21(19)23/h2-4,6-11,18,26H,5,12-17H2,1H3. The van der Waals surface area contributed by atoms with Crippen LogP contribution in [0.5, 0.6) is 0 Å². The number of nitrogens with one attached hydrogen (secondary N) is 1. The zero-order valence-corrected chi connectivity index (χ0v) is 18.5. The van der Waals surface area contributed by atoms with E-state index in [1.807, 2.05) is 12.1 Å². The Morgan fingerprint density at radius 3 is 2.59 bits per heavy atom. The molecule has 0 amide bonds. The Morgan fingerprint density at radius 1 is 0.931 bits per heavy atom. The van der Waals surface area contributed by atoms with Crippen LogP contribution in [-0.2, 0) is 0 Å². The fourth-order valence-corrected chi connectivity index (χ4v) is 4.96. The summed E-state index contributed by atoms with van der Waals surface area (Å²) >= 11 is 8.10. The molecule has 0 atom stereocenters. The third-order valence-corrected chi connectivity index (χ3v) is 6.86. The van der Waals surface area contributed by atoms with E-state index in [4.69, 9.17) is 11.6 Å². The van der Waals surface area contributed by atoms with Crippen LogP contribution in [-0.4, -0.2) is 56.1 Å². The topological polar surface area (TPSA) is 18.5 Å². The minimum absolute atomic E-state index is 0.772. The molecule has 0 aliphatic carbocycles. The third kappa shape index (κ3) is 5.46. The number of hydrogen-bond acceptors (Lipinski definition) is 4. The Morgan fingerprint density at radius 2 is 1.72 bits per heavy atom. The fraction of sp³-hybridized carbons (Fsp3) is 0.333. The van der Waals surface area contributed by atoms with Crippen LogP contribution in [0.15, 0.2) is 70.5 Å². The van der Waals surface area contributed by atoms with E-state index in [9.17, 15) is 0 Å². The van der Waals surface area contributed by atoms with Gasteiger partial charge in [0.25, 0.3) is 0 Å². The second-order valence-corrected chi connectivity index (χ2v) is 9.17. The highest BCUT2D eigenvalue weighted by Crippen LogP contribution is 2.38. The first-order valence-corrected chi connectivity index (χ1v) is 11.5. The zero-order chi connectivity index (χ0) is 20.1. The second-order valence-electron chi connectivity index (χ2n) is 7.65. The first-order valence-electron chi connectivity index (χ1n) is 10.3. The molecule has 152 valence electrons. The van der Waals surface area contributed by atoms with Crippen molar-refractivity contribution < 1.29 is 0 Å². The molecule has 3 nitrogen and oxygen atoms in total. The summed E-state index contributed by atoms with van der Waals surface area (Å²) in [6, 6.07) is 21.2. The van der Waals surface area contributed by atoms with Gasteiger partial charge in [-0.05, 0) is 55.1 Å². The van der Waals surface area contributed by atoms with Gasteiger partial charge >= 0.3 is 0 Å². The number of likely N-dealkylation sites (N-methyl/N-ethyl adjacent to an activating group) is 1. The average Bonchev–Trinajstić information content (AvgIpc) is 2.74. The lowest BCUT2D eigenvalue weighted by atomic mass is 10.1. The maximum Gasteiger partial charge on any atom is 0.0496 e. The molecule has 0 spiro atoms. The number of nitrogens with zero attached hydrogens (tertiary/aromatic N) is 2. The van der Waals surface area contributed by atoms with Crippen molar-refractivity contribution in [1.82, 2.24) is 9.80 Å². The predicted molar refractivity (Wildman–Crippen MR) is 127 cm³/mol. The molecule has 1 saturated heterocycles. The second kappa shape index (κ2) is 9.86. The Kier molecular flexibility index (Phi) is 6.98. The summed E-state index contributed by atoms with van der Waals surface area (Å²) in [4.78, 5) is 7.44. The van der Waals surface area contributed by atoms with E-state index in [0.29, 0.717) is 0 Å². The van der Waals surface area contributed by atoms with Crippen LogP contribution >= 0.6 is 23.4 Å². The minimum Gasteiger partial charge on any atom is -0.384 e. The van der Waals surface area contributed by atoms with Gasteiger partial charge < -0.3 is 15.1 Å². The minimum atomic E-state index is 0.772. The predicted octanol–water partition coefficient (Wildman–Crippen LogP) is 5.69. The van der Waals surface area contributed by atoms with Crippen molar-refractivity contribution in [3.8, 4) is 0 Å². The summed E-state index contributed by atoms with van der Waals surface area (Å²) in [5.74, 6) is 0. The molecule has 4 rings (SSSR count). The van der Waals surface area contributed by atoms with Crippen molar-refractivity contribution in [2.45, 2.75) is 16.2 Å². The Labute approximate surface area is 183 Å². The molecule has 3 aromatic carbocycles. The van der Waals surface area contributed by atoms with Crippen LogP contribution in [0.2, 0.25) is 5.02 Å². The van der Waals surface area contributed by atoms with Crippen molar-refractivity contribution >= 4 is 39.8 Å². The first-order chi connectivity index (χ1) is 14.2. The number of hydrogen-bond donors (Lipinski definition) is 1. The summed E-state index contributed by atoms with van der Waals surface area (Å²) in [7, 11) is 2.20. The van der Waals surface area contributed by atoms with E-state index in [1.54, 1.807) is 11.8 Å². The molecule has 5 heteroatoms. The Hall–Kier alpha value is -1.72. The molecule has 0 saturated carbocycles. The fourth-order valence-electron chi connectivity index (χ4n) is 3.73. The smallest absolute Gasteiger partial charge is 0.0496 e. The monoisotopic (exact) mass is 425 g/mol. The molecule has 1 fully saturated rings. The molecule has 0 aromatic heterocycles. The summed E-state index contributed by atoms with van der Waals surface area (Å²) in [5, 5.41) is 6.96. The van der Waals surface area contributed by atoms with Gasteiger partial charge in [-0.2, -0.15) is 0 Å². The van der Waals surface area contributed by atoms with Crippen molar-refractivity contribution in [3.63, 3.8) is 0 Å².